The smallest absolute Gasteiger partial charge is 0.101 e. The molecule has 0 aliphatic rings. The standard InChI is InChI=1S/C9H14N2/c1-5-6-11-8(7-10)9(2,3)4/h1,8,11H,6H2,2-4H3. The number of nitriles is 1. The Morgan fingerprint density at radius 1 is 1.55 bits per heavy atom. The van der Waals surface area contributed by atoms with E-state index in [0.29, 0.717) is 6.54 Å². The minimum absolute atomic E-state index is 0.0500. The van der Waals surface area contributed by atoms with Gasteiger partial charge >= 0.3 is 0 Å². The summed E-state index contributed by atoms with van der Waals surface area (Å²) in [6, 6.07) is 2.00. The van der Waals surface area contributed by atoms with Crippen LogP contribution in [0.4, 0.5) is 0 Å². The molecular weight excluding hydrogens is 136 g/mol. The molecule has 0 aromatic heterocycles. The summed E-state index contributed by atoms with van der Waals surface area (Å²) in [6.45, 7) is 6.47. The van der Waals surface area contributed by atoms with E-state index in [-0.39, 0.29) is 11.5 Å². The first-order valence-corrected chi connectivity index (χ1v) is 3.59. The van der Waals surface area contributed by atoms with E-state index in [2.05, 4.69) is 17.3 Å². The Morgan fingerprint density at radius 3 is 2.36 bits per heavy atom. The third kappa shape index (κ3) is 3.65. The molecule has 2 heteroatoms. The second kappa shape index (κ2) is 4.01. The SMILES string of the molecule is C#CCNC(C#N)C(C)(C)C. The van der Waals surface area contributed by atoms with Crippen LogP contribution in [-0.4, -0.2) is 12.6 Å². The summed E-state index contributed by atoms with van der Waals surface area (Å²) in [5.74, 6) is 2.44. The molecule has 0 rings (SSSR count). The topological polar surface area (TPSA) is 35.8 Å². The molecule has 2 nitrogen and oxygen atoms in total. The third-order valence-electron chi connectivity index (χ3n) is 1.40. The maximum atomic E-state index is 8.71. The Morgan fingerprint density at radius 2 is 2.09 bits per heavy atom. The van der Waals surface area contributed by atoms with Crippen molar-refractivity contribution in [2.45, 2.75) is 26.8 Å². The lowest BCUT2D eigenvalue weighted by molar-refractivity contribution is 0.329. The van der Waals surface area contributed by atoms with E-state index < -0.39 is 0 Å². The van der Waals surface area contributed by atoms with Crippen molar-refractivity contribution in [2.75, 3.05) is 6.54 Å². The highest BCUT2D eigenvalue weighted by atomic mass is 14.9. The van der Waals surface area contributed by atoms with Crippen LogP contribution in [0.1, 0.15) is 20.8 Å². The van der Waals surface area contributed by atoms with Crippen LogP contribution >= 0.6 is 0 Å². The summed E-state index contributed by atoms with van der Waals surface area (Å²) in [7, 11) is 0. The molecule has 11 heavy (non-hydrogen) atoms. The van der Waals surface area contributed by atoms with E-state index in [1.54, 1.807) is 0 Å². The molecule has 1 unspecified atom stereocenters. The van der Waals surface area contributed by atoms with Crippen molar-refractivity contribution in [1.29, 1.82) is 5.26 Å². The van der Waals surface area contributed by atoms with Gasteiger partial charge in [0.25, 0.3) is 0 Å². The minimum Gasteiger partial charge on any atom is -0.291 e. The molecule has 0 aromatic rings. The highest BCUT2D eigenvalue weighted by Gasteiger charge is 2.22. The first kappa shape index (κ1) is 10.0. The Hall–Kier alpha value is -0.990. The Bertz CT molecular complexity index is 187. The lowest BCUT2D eigenvalue weighted by Gasteiger charge is -2.24. The monoisotopic (exact) mass is 150 g/mol. The zero-order chi connectivity index (χ0) is 8.91. The Balaban J connectivity index is 4.02. The molecule has 60 valence electrons. The highest BCUT2D eigenvalue weighted by molar-refractivity contribution is 5.00. The van der Waals surface area contributed by atoms with Crippen LogP contribution in [0, 0.1) is 29.1 Å². The summed E-state index contributed by atoms with van der Waals surface area (Å²) in [6.07, 6.45) is 5.05. The summed E-state index contributed by atoms with van der Waals surface area (Å²) < 4.78 is 0. The van der Waals surface area contributed by atoms with E-state index in [1.807, 2.05) is 20.8 Å². The van der Waals surface area contributed by atoms with Crippen molar-refractivity contribution < 1.29 is 0 Å². The summed E-state index contributed by atoms with van der Waals surface area (Å²) >= 11 is 0. The van der Waals surface area contributed by atoms with Crippen molar-refractivity contribution in [3.8, 4) is 18.4 Å². The van der Waals surface area contributed by atoms with Gasteiger partial charge < -0.3 is 0 Å². The fourth-order valence-electron chi connectivity index (χ4n) is 0.706. The van der Waals surface area contributed by atoms with Crippen molar-refractivity contribution in [1.82, 2.24) is 5.32 Å². The van der Waals surface area contributed by atoms with Crippen LogP contribution in [0.5, 0.6) is 0 Å². The van der Waals surface area contributed by atoms with Gasteiger partial charge in [-0.15, -0.1) is 6.42 Å². The molecule has 0 radical (unpaired) electrons. The van der Waals surface area contributed by atoms with Gasteiger partial charge in [0.05, 0.1) is 12.6 Å². The molecule has 0 aliphatic carbocycles. The summed E-state index contributed by atoms with van der Waals surface area (Å²) in [5.41, 5.74) is -0.0500. The van der Waals surface area contributed by atoms with Crippen LogP contribution in [0.2, 0.25) is 0 Å². The van der Waals surface area contributed by atoms with Gasteiger partial charge in [-0.05, 0) is 5.41 Å². The predicted molar refractivity (Wildman–Crippen MR) is 45.7 cm³/mol. The van der Waals surface area contributed by atoms with Crippen LogP contribution < -0.4 is 5.32 Å². The van der Waals surface area contributed by atoms with Crippen LogP contribution in [0.15, 0.2) is 0 Å². The molecule has 0 amide bonds. The van der Waals surface area contributed by atoms with Gasteiger partial charge in [0.1, 0.15) is 6.04 Å². The van der Waals surface area contributed by atoms with Crippen LogP contribution in [0.25, 0.3) is 0 Å². The summed E-state index contributed by atoms with van der Waals surface area (Å²) in [4.78, 5) is 0. The van der Waals surface area contributed by atoms with Crippen LogP contribution in [0.3, 0.4) is 0 Å². The maximum absolute atomic E-state index is 8.71. The maximum Gasteiger partial charge on any atom is 0.101 e. The van der Waals surface area contributed by atoms with E-state index >= 15 is 0 Å². The zero-order valence-electron chi connectivity index (χ0n) is 7.31. The molecule has 0 saturated carbocycles. The zero-order valence-corrected chi connectivity index (χ0v) is 7.31. The molecule has 1 N–H and O–H groups in total. The molecular formula is C9H14N2. The van der Waals surface area contributed by atoms with Crippen LogP contribution in [-0.2, 0) is 0 Å². The molecule has 0 saturated heterocycles. The fourth-order valence-corrected chi connectivity index (χ4v) is 0.706. The molecule has 0 spiro atoms. The van der Waals surface area contributed by atoms with Crippen molar-refractivity contribution in [2.24, 2.45) is 5.41 Å². The van der Waals surface area contributed by atoms with Gasteiger partial charge in [0.2, 0.25) is 0 Å². The van der Waals surface area contributed by atoms with E-state index in [9.17, 15) is 0 Å². The number of hydrogen-bond donors (Lipinski definition) is 1. The average Bonchev–Trinajstić information content (AvgIpc) is 1.87. The van der Waals surface area contributed by atoms with Crippen molar-refractivity contribution >= 4 is 0 Å². The molecule has 0 fully saturated rings. The fraction of sp³-hybridized carbons (Fsp3) is 0.667. The molecule has 0 bridgehead atoms. The van der Waals surface area contributed by atoms with E-state index in [0.717, 1.165) is 0 Å². The average molecular weight is 150 g/mol. The van der Waals surface area contributed by atoms with Crippen molar-refractivity contribution in [3.05, 3.63) is 0 Å². The molecule has 0 aliphatic heterocycles. The molecule has 0 heterocycles. The van der Waals surface area contributed by atoms with E-state index in [1.165, 1.54) is 0 Å². The summed E-state index contributed by atoms with van der Waals surface area (Å²) in [5, 5.41) is 11.7. The first-order chi connectivity index (χ1) is 5.02. The number of nitrogens with one attached hydrogen (secondary N) is 1. The Labute approximate surface area is 68.6 Å². The van der Waals surface area contributed by atoms with Gasteiger partial charge in [0, 0.05) is 0 Å². The largest absolute Gasteiger partial charge is 0.291 e. The minimum atomic E-state index is -0.168. The number of terminal acetylenes is 1. The van der Waals surface area contributed by atoms with Gasteiger partial charge in [-0.2, -0.15) is 5.26 Å². The second-order valence-electron chi connectivity index (χ2n) is 3.51. The number of rotatable bonds is 2. The van der Waals surface area contributed by atoms with Gasteiger partial charge in [-0.25, -0.2) is 0 Å². The van der Waals surface area contributed by atoms with Gasteiger partial charge in [0.15, 0.2) is 0 Å². The predicted octanol–water partition coefficient (Wildman–Crippen LogP) is 1.15. The van der Waals surface area contributed by atoms with E-state index in [4.69, 9.17) is 11.7 Å². The molecule has 0 aromatic carbocycles. The highest BCUT2D eigenvalue weighted by Crippen LogP contribution is 2.17. The van der Waals surface area contributed by atoms with Gasteiger partial charge in [-0.3, -0.25) is 5.32 Å². The molecule has 1 atom stereocenters. The van der Waals surface area contributed by atoms with Crippen molar-refractivity contribution in [3.63, 3.8) is 0 Å². The quantitative estimate of drug-likeness (QED) is 0.599. The number of nitrogens with zero attached hydrogens (tertiary/aromatic N) is 1. The lowest BCUT2D eigenvalue weighted by atomic mass is 9.88. The third-order valence-corrected chi connectivity index (χ3v) is 1.40. The normalized spacial score (nSPS) is 13.2. The number of hydrogen-bond acceptors (Lipinski definition) is 2. The second-order valence-corrected chi connectivity index (χ2v) is 3.51. The van der Waals surface area contributed by atoms with Gasteiger partial charge in [-0.1, -0.05) is 26.7 Å². The lowest BCUT2D eigenvalue weighted by Crippen LogP contribution is -2.39. The Kier molecular flexibility index (Phi) is 3.65. The first-order valence-electron chi connectivity index (χ1n) is 3.59.